The van der Waals surface area contributed by atoms with Crippen molar-refractivity contribution in [1.82, 2.24) is 9.38 Å². The highest BCUT2D eigenvalue weighted by Gasteiger charge is 2.18. The van der Waals surface area contributed by atoms with Gasteiger partial charge in [-0.25, -0.2) is 4.98 Å². The molecule has 3 rings (SSSR count). The highest BCUT2D eigenvalue weighted by molar-refractivity contribution is 9.10. The third-order valence-electron chi connectivity index (χ3n) is 2.51. The van der Waals surface area contributed by atoms with Crippen molar-refractivity contribution < 1.29 is 4.42 Å². The number of nitrogens with zero attached hydrogens (tertiary/aromatic N) is 2. The van der Waals surface area contributed by atoms with Gasteiger partial charge >= 0.3 is 0 Å². The van der Waals surface area contributed by atoms with Gasteiger partial charge in [-0.2, -0.15) is 0 Å². The first-order valence-corrected chi connectivity index (χ1v) is 6.49. The normalized spacial score (nSPS) is 11.3. The smallest absolute Gasteiger partial charge is 0.170 e. The molecule has 0 saturated heterocycles. The van der Waals surface area contributed by atoms with Crippen molar-refractivity contribution in [3.8, 4) is 11.5 Å². The van der Waals surface area contributed by atoms with E-state index in [0.29, 0.717) is 33.0 Å². The maximum Gasteiger partial charge on any atom is 0.170 e. The second kappa shape index (κ2) is 4.19. The van der Waals surface area contributed by atoms with Gasteiger partial charge in [0.05, 0.1) is 20.8 Å². The minimum Gasteiger partial charge on any atom is -0.461 e. The average molecular weight is 347 g/mol. The molecular formula is C11H6BrCl2N3O. The van der Waals surface area contributed by atoms with Gasteiger partial charge in [-0.05, 0) is 28.1 Å². The number of rotatable bonds is 1. The number of imidazole rings is 1. The molecule has 3 heterocycles. The van der Waals surface area contributed by atoms with Crippen LogP contribution in [0.2, 0.25) is 10.0 Å². The molecule has 18 heavy (non-hydrogen) atoms. The number of pyridine rings is 1. The van der Waals surface area contributed by atoms with Gasteiger partial charge in [0.1, 0.15) is 11.5 Å². The van der Waals surface area contributed by atoms with Gasteiger partial charge in [-0.15, -0.1) is 0 Å². The Balaban J connectivity index is 2.36. The Kier molecular flexibility index (Phi) is 2.77. The molecule has 2 N–H and O–H groups in total. The highest BCUT2D eigenvalue weighted by atomic mass is 79.9. The fraction of sp³-hybridized carbons (Fsp3) is 0. The molecule has 0 aromatic carbocycles. The Hall–Kier alpha value is -1.17. The minimum absolute atomic E-state index is 0.421. The molecule has 0 bridgehead atoms. The summed E-state index contributed by atoms with van der Waals surface area (Å²) in [5.74, 6) is 0.980. The van der Waals surface area contributed by atoms with Crippen molar-refractivity contribution in [2.24, 2.45) is 0 Å². The Morgan fingerprint density at radius 2 is 2.17 bits per heavy atom. The number of fused-ring (bicyclic) bond motifs is 1. The predicted octanol–water partition coefficient (Wildman–Crippen LogP) is 4.25. The van der Waals surface area contributed by atoms with E-state index in [4.69, 9.17) is 33.4 Å². The van der Waals surface area contributed by atoms with E-state index >= 15 is 0 Å². The van der Waals surface area contributed by atoms with Crippen LogP contribution in [0.25, 0.3) is 17.1 Å². The summed E-state index contributed by atoms with van der Waals surface area (Å²) < 4.78 is 7.76. The van der Waals surface area contributed by atoms with Crippen molar-refractivity contribution >= 4 is 50.6 Å². The molecular weight excluding hydrogens is 341 g/mol. The van der Waals surface area contributed by atoms with Gasteiger partial charge in [0.25, 0.3) is 0 Å². The number of hydrogen-bond acceptors (Lipinski definition) is 3. The van der Waals surface area contributed by atoms with Crippen LogP contribution < -0.4 is 5.73 Å². The molecule has 7 heteroatoms. The van der Waals surface area contributed by atoms with Crippen molar-refractivity contribution in [1.29, 1.82) is 0 Å². The lowest BCUT2D eigenvalue weighted by molar-refractivity contribution is 0.579. The van der Waals surface area contributed by atoms with Crippen LogP contribution in [0.15, 0.2) is 33.5 Å². The highest BCUT2D eigenvalue weighted by Crippen LogP contribution is 2.35. The zero-order chi connectivity index (χ0) is 12.9. The van der Waals surface area contributed by atoms with E-state index in [1.54, 1.807) is 29.0 Å². The SMILES string of the molecule is Nc1c(-c2occc2Br)nc2c(Cl)cc(Cl)cn12. The molecule has 4 nitrogen and oxygen atoms in total. The summed E-state index contributed by atoms with van der Waals surface area (Å²) in [5.41, 5.74) is 7.10. The van der Waals surface area contributed by atoms with Crippen LogP contribution in [0.4, 0.5) is 5.82 Å². The van der Waals surface area contributed by atoms with Gasteiger partial charge in [0.2, 0.25) is 0 Å². The van der Waals surface area contributed by atoms with Gasteiger partial charge < -0.3 is 10.2 Å². The third kappa shape index (κ3) is 1.70. The van der Waals surface area contributed by atoms with E-state index < -0.39 is 0 Å². The molecule has 0 fully saturated rings. The van der Waals surface area contributed by atoms with Crippen molar-refractivity contribution in [2.75, 3.05) is 5.73 Å². The molecule has 0 saturated carbocycles. The molecule has 0 aliphatic rings. The third-order valence-corrected chi connectivity index (χ3v) is 3.62. The van der Waals surface area contributed by atoms with Crippen LogP contribution in [0, 0.1) is 0 Å². The van der Waals surface area contributed by atoms with Crippen LogP contribution in [-0.2, 0) is 0 Å². The predicted molar refractivity (Wildman–Crippen MR) is 75.0 cm³/mol. The van der Waals surface area contributed by atoms with E-state index in [-0.39, 0.29) is 0 Å². The van der Waals surface area contributed by atoms with Crippen molar-refractivity contribution in [2.45, 2.75) is 0 Å². The summed E-state index contributed by atoms with van der Waals surface area (Å²) in [6.45, 7) is 0. The van der Waals surface area contributed by atoms with Gasteiger partial charge in [-0.3, -0.25) is 4.40 Å². The molecule has 0 aliphatic heterocycles. The Morgan fingerprint density at radius 1 is 1.39 bits per heavy atom. The standard InChI is InChI=1S/C11H6BrCl2N3O/c12-6-1-2-18-9(6)8-10(15)17-4-5(13)3-7(14)11(17)16-8/h1-4H,15H2. The summed E-state index contributed by atoms with van der Waals surface area (Å²) in [6, 6.07) is 3.39. The molecule has 0 aliphatic carbocycles. The summed E-state index contributed by atoms with van der Waals surface area (Å²) in [7, 11) is 0. The lowest BCUT2D eigenvalue weighted by Crippen LogP contribution is -1.94. The van der Waals surface area contributed by atoms with Crippen molar-refractivity contribution in [3.05, 3.63) is 39.1 Å². The Bertz CT molecular complexity index is 750. The van der Waals surface area contributed by atoms with Gasteiger partial charge in [0, 0.05) is 6.20 Å². The quantitative estimate of drug-likeness (QED) is 0.716. The van der Waals surface area contributed by atoms with Crippen LogP contribution in [0.3, 0.4) is 0 Å². The molecule has 0 spiro atoms. The molecule has 0 atom stereocenters. The lowest BCUT2D eigenvalue weighted by atomic mass is 10.3. The zero-order valence-electron chi connectivity index (χ0n) is 8.82. The molecule has 0 amide bonds. The largest absolute Gasteiger partial charge is 0.461 e. The number of nitrogens with two attached hydrogens (primary N) is 1. The first kappa shape index (κ1) is 11.9. The minimum atomic E-state index is 0.421. The van der Waals surface area contributed by atoms with Crippen LogP contribution in [-0.4, -0.2) is 9.38 Å². The molecule has 3 aromatic heterocycles. The van der Waals surface area contributed by atoms with Crippen molar-refractivity contribution in [3.63, 3.8) is 0 Å². The summed E-state index contributed by atoms with van der Waals surface area (Å²) in [5, 5.41) is 0.921. The number of halogens is 3. The number of hydrogen-bond donors (Lipinski definition) is 1. The maximum atomic E-state index is 6.08. The number of nitrogen functional groups attached to an aromatic ring is 1. The number of furan rings is 1. The molecule has 0 unspecified atom stereocenters. The van der Waals surface area contributed by atoms with Gasteiger partial charge in [-0.1, -0.05) is 23.2 Å². The second-order valence-electron chi connectivity index (χ2n) is 3.64. The van der Waals surface area contributed by atoms with E-state index in [1.165, 1.54) is 0 Å². The van der Waals surface area contributed by atoms with Crippen LogP contribution >= 0.6 is 39.1 Å². The summed E-state index contributed by atoms with van der Waals surface area (Å²) in [6.07, 6.45) is 3.21. The maximum absolute atomic E-state index is 6.08. The van der Waals surface area contributed by atoms with E-state index in [0.717, 1.165) is 4.47 Å². The molecule has 92 valence electrons. The molecule has 3 aromatic rings. The first-order valence-electron chi connectivity index (χ1n) is 4.94. The first-order chi connectivity index (χ1) is 8.58. The fourth-order valence-electron chi connectivity index (χ4n) is 1.72. The number of anilines is 1. The summed E-state index contributed by atoms with van der Waals surface area (Å²) in [4.78, 5) is 4.38. The van der Waals surface area contributed by atoms with Crippen LogP contribution in [0.5, 0.6) is 0 Å². The fourth-order valence-corrected chi connectivity index (χ4v) is 2.62. The van der Waals surface area contributed by atoms with Gasteiger partial charge in [0.15, 0.2) is 11.4 Å². The van der Waals surface area contributed by atoms with E-state index in [1.807, 2.05) is 0 Å². The number of aromatic nitrogens is 2. The van der Waals surface area contributed by atoms with E-state index in [2.05, 4.69) is 20.9 Å². The Morgan fingerprint density at radius 3 is 2.83 bits per heavy atom. The average Bonchev–Trinajstić information content (AvgIpc) is 2.85. The zero-order valence-corrected chi connectivity index (χ0v) is 11.9. The lowest BCUT2D eigenvalue weighted by Gasteiger charge is -1.99. The molecule has 0 radical (unpaired) electrons. The Labute approximate surface area is 120 Å². The van der Waals surface area contributed by atoms with E-state index in [9.17, 15) is 0 Å². The van der Waals surface area contributed by atoms with Crippen LogP contribution in [0.1, 0.15) is 0 Å². The summed E-state index contributed by atoms with van der Waals surface area (Å²) >= 11 is 15.4. The monoisotopic (exact) mass is 345 g/mol. The second-order valence-corrected chi connectivity index (χ2v) is 5.34. The topological polar surface area (TPSA) is 56.5 Å².